The van der Waals surface area contributed by atoms with Gasteiger partial charge in [0, 0.05) is 6.04 Å². The van der Waals surface area contributed by atoms with Gasteiger partial charge in [0.05, 0.1) is 0 Å². The number of barbiturate groups is 1. The summed E-state index contributed by atoms with van der Waals surface area (Å²) in [5.41, 5.74) is -0.977. The maximum atomic E-state index is 12.7. The Morgan fingerprint density at radius 2 is 1.68 bits per heavy atom. The second-order valence-electron chi connectivity index (χ2n) is 5.67. The molecule has 1 aliphatic heterocycles. The first-order valence-electron chi connectivity index (χ1n) is 6.99. The molecular weight excluding hydrogens is 244 g/mol. The number of rotatable bonds is 1. The van der Waals surface area contributed by atoms with E-state index in [1.165, 1.54) is 4.90 Å². The SMILES string of the molecule is O=C1NC(=O)C2(CCCCC2)C(=O)N1C1CC=CC1. The number of nitrogens with zero attached hydrogens (tertiary/aromatic N) is 1. The molecule has 3 aliphatic rings. The highest BCUT2D eigenvalue weighted by atomic mass is 16.2. The third kappa shape index (κ3) is 1.79. The van der Waals surface area contributed by atoms with Gasteiger partial charge < -0.3 is 0 Å². The Bertz CT molecular complexity index is 455. The summed E-state index contributed by atoms with van der Waals surface area (Å²) in [6.45, 7) is 0. The zero-order valence-corrected chi connectivity index (χ0v) is 10.9. The van der Waals surface area contributed by atoms with E-state index in [-0.39, 0.29) is 17.9 Å². The highest BCUT2D eigenvalue weighted by Gasteiger charge is 2.55. The van der Waals surface area contributed by atoms with E-state index in [0.29, 0.717) is 25.7 Å². The maximum absolute atomic E-state index is 12.7. The molecule has 0 bridgehead atoms. The van der Waals surface area contributed by atoms with Crippen LogP contribution in [0.5, 0.6) is 0 Å². The van der Waals surface area contributed by atoms with E-state index in [4.69, 9.17) is 0 Å². The largest absolute Gasteiger partial charge is 0.331 e. The molecule has 0 aromatic heterocycles. The number of urea groups is 1. The predicted molar refractivity (Wildman–Crippen MR) is 68.1 cm³/mol. The lowest BCUT2D eigenvalue weighted by Gasteiger charge is -2.43. The molecule has 0 unspecified atom stereocenters. The molecule has 1 saturated heterocycles. The second-order valence-corrected chi connectivity index (χ2v) is 5.67. The number of carbonyl (C=O) groups excluding carboxylic acids is 3. The van der Waals surface area contributed by atoms with Crippen LogP contribution >= 0.6 is 0 Å². The summed E-state index contributed by atoms with van der Waals surface area (Å²) in [5, 5.41) is 2.40. The molecule has 0 atom stereocenters. The molecule has 19 heavy (non-hydrogen) atoms. The van der Waals surface area contributed by atoms with Gasteiger partial charge in [-0.15, -0.1) is 0 Å². The monoisotopic (exact) mass is 262 g/mol. The number of hydrogen-bond donors (Lipinski definition) is 1. The molecule has 1 N–H and O–H groups in total. The summed E-state index contributed by atoms with van der Waals surface area (Å²) in [6, 6.07) is -0.653. The van der Waals surface area contributed by atoms with Crippen molar-refractivity contribution in [1.82, 2.24) is 10.2 Å². The number of carbonyl (C=O) groups is 3. The van der Waals surface area contributed by atoms with Crippen molar-refractivity contribution < 1.29 is 14.4 Å². The van der Waals surface area contributed by atoms with Crippen LogP contribution in [-0.2, 0) is 9.59 Å². The highest BCUT2D eigenvalue weighted by Crippen LogP contribution is 2.41. The summed E-state index contributed by atoms with van der Waals surface area (Å²) in [6.07, 6.45) is 9.32. The Balaban J connectivity index is 1.91. The fourth-order valence-corrected chi connectivity index (χ4v) is 3.44. The van der Waals surface area contributed by atoms with Crippen LogP contribution in [0.1, 0.15) is 44.9 Å². The Morgan fingerprint density at radius 1 is 1.05 bits per heavy atom. The van der Waals surface area contributed by atoms with Crippen LogP contribution in [0.4, 0.5) is 4.79 Å². The van der Waals surface area contributed by atoms with Crippen LogP contribution in [0.2, 0.25) is 0 Å². The van der Waals surface area contributed by atoms with Gasteiger partial charge in [-0.25, -0.2) is 4.79 Å². The van der Waals surface area contributed by atoms with Crippen molar-refractivity contribution in [2.75, 3.05) is 0 Å². The molecule has 5 heteroatoms. The summed E-state index contributed by atoms with van der Waals surface area (Å²) in [5.74, 6) is -0.654. The van der Waals surface area contributed by atoms with Crippen LogP contribution in [0.25, 0.3) is 0 Å². The molecule has 4 amide bonds. The van der Waals surface area contributed by atoms with Gasteiger partial charge in [-0.3, -0.25) is 19.8 Å². The van der Waals surface area contributed by atoms with Gasteiger partial charge in [0.15, 0.2) is 0 Å². The average Bonchev–Trinajstić information content (AvgIpc) is 2.92. The summed E-state index contributed by atoms with van der Waals surface area (Å²) < 4.78 is 0. The van der Waals surface area contributed by atoms with Crippen LogP contribution in [0.15, 0.2) is 12.2 Å². The van der Waals surface area contributed by atoms with Crippen molar-refractivity contribution in [3.63, 3.8) is 0 Å². The first-order valence-corrected chi connectivity index (χ1v) is 6.99. The first kappa shape index (κ1) is 12.4. The third-order valence-corrected chi connectivity index (χ3v) is 4.56. The predicted octanol–water partition coefficient (Wildman–Crippen LogP) is 1.73. The molecule has 1 saturated carbocycles. The van der Waals surface area contributed by atoms with Crippen LogP contribution < -0.4 is 5.32 Å². The molecule has 1 heterocycles. The fourth-order valence-electron chi connectivity index (χ4n) is 3.44. The van der Waals surface area contributed by atoms with Gasteiger partial charge in [-0.05, 0) is 25.7 Å². The summed E-state index contributed by atoms with van der Waals surface area (Å²) >= 11 is 0. The van der Waals surface area contributed by atoms with Gasteiger partial charge in [0.1, 0.15) is 5.41 Å². The van der Waals surface area contributed by atoms with Crippen molar-refractivity contribution >= 4 is 17.8 Å². The molecule has 0 aromatic rings. The Morgan fingerprint density at radius 3 is 2.32 bits per heavy atom. The zero-order valence-electron chi connectivity index (χ0n) is 10.9. The Kier molecular flexibility index (Phi) is 2.92. The van der Waals surface area contributed by atoms with E-state index in [0.717, 1.165) is 19.3 Å². The van der Waals surface area contributed by atoms with E-state index in [2.05, 4.69) is 5.32 Å². The molecule has 5 nitrogen and oxygen atoms in total. The van der Waals surface area contributed by atoms with E-state index in [9.17, 15) is 14.4 Å². The van der Waals surface area contributed by atoms with Crippen molar-refractivity contribution in [3.05, 3.63) is 12.2 Å². The lowest BCUT2D eigenvalue weighted by molar-refractivity contribution is -0.155. The van der Waals surface area contributed by atoms with E-state index < -0.39 is 11.4 Å². The van der Waals surface area contributed by atoms with Crippen molar-refractivity contribution in [3.8, 4) is 0 Å². The normalized spacial score (nSPS) is 27.2. The Hall–Kier alpha value is -1.65. The molecular formula is C14H18N2O3. The molecule has 0 radical (unpaired) electrons. The number of nitrogens with one attached hydrogen (secondary N) is 1. The molecule has 2 aliphatic carbocycles. The molecule has 3 rings (SSSR count). The van der Waals surface area contributed by atoms with Crippen LogP contribution in [0.3, 0.4) is 0 Å². The third-order valence-electron chi connectivity index (χ3n) is 4.56. The van der Waals surface area contributed by atoms with Crippen molar-refractivity contribution in [2.24, 2.45) is 5.41 Å². The van der Waals surface area contributed by atoms with Gasteiger partial charge in [0.2, 0.25) is 11.8 Å². The maximum Gasteiger partial charge on any atom is 0.331 e. The van der Waals surface area contributed by atoms with E-state index >= 15 is 0 Å². The fraction of sp³-hybridized carbons (Fsp3) is 0.643. The smallest absolute Gasteiger partial charge is 0.277 e. The van der Waals surface area contributed by atoms with E-state index in [1.807, 2.05) is 12.2 Å². The van der Waals surface area contributed by atoms with Gasteiger partial charge >= 0.3 is 6.03 Å². The average molecular weight is 262 g/mol. The number of imide groups is 2. The number of amides is 4. The van der Waals surface area contributed by atoms with Crippen LogP contribution in [-0.4, -0.2) is 28.8 Å². The first-order chi connectivity index (χ1) is 9.15. The highest BCUT2D eigenvalue weighted by molar-refractivity contribution is 6.19. The minimum absolute atomic E-state index is 0.112. The minimum atomic E-state index is -0.977. The van der Waals surface area contributed by atoms with Crippen molar-refractivity contribution in [2.45, 2.75) is 51.0 Å². The summed E-state index contributed by atoms with van der Waals surface area (Å²) in [7, 11) is 0. The second kappa shape index (κ2) is 4.47. The standard InChI is InChI=1S/C14H18N2O3/c17-11-14(8-4-1-5-9-14)12(18)16(13(19)15-11)10-6-2-3-7-10/h2-3,10H,1,4-9H2,(H,15,17,19). The van der Waals surface area contributed by atoms with Gasteiger partial charge in [-0.2, -0.15) is 0 Å². The minimum Gasteiger partial charge on any atom is -0.277 e. The lowest BCUT2D eigenvalue weighted by Crippen LogP contribution is -2.66. The number of hydrogen-bond acceptors (Lipinski definition) is 3. The molecule has 1 spiro atoms. The molecule has 2 fully saturated rings. The van der Waals surface area contributed by atoms with Gasteiger partial charge in [-0.1, -0.05) is 31.4 Å². The van der Waals surface area contributed by atoms with Crippen LogP contribution in [0, 0.1) is 5.41 Å². The zero-order chi connectivity index (χ0) is 13.5. The van der Waals surface area contributed by atoms with Gasteiger partial charge in [0.25, 0.3) is 0 Å². The molecule has 0 aromatic carbocycles. The van der Waals surface area contributed by atoms with E-state index in [1.54, 1.807) is 0 Å². The quantitative estimate of drug-likeness (QED) is 0.578. The molecule has 102 valence electrons. The topological polar surface area (TPSA) is 66.5 Å². The Labute approximate surface area is 112 Å². The lowest BCUT2D eigenvalue weighted by atomic mass is 9.71. The van der Waals surface area contributed by atoms with Crippen molar-refractivity contribution in [1.29, 1.82) is 0 Å². The summed E-state index contributed by atoms with van der Waals surface area (Å²) in [4.78, 5) is 38.2.